The Labute approximate surface area is 176 Å². The quantitative estimate of drug-likeness (QED) is 0.362. The predicted octanol–water partition coefficient (Wildman–Crippen LogP) is 5.53. The Morgan fingerprint density at radius 2 is 2.00 bits per heavy atom. The second-order valence-corrected chi connectivity index (χ2v) is 7.43. The molecule has 0 spiro atoms. The number of aromatic nitrogens is 1. The first-order valence-corrected chi connectivity index (χ1v) is 10.1. The van der Waals surface area contributed by atoms with Crippen molar-refractivity contribution < 1.29 is 14.5 Å². The second-order valence-electron chi connectivity index (χ2n) is 6.15. The molecule has 1 heterocycles. The summed E-state index contributed by atoms with van der Waals surface area (Å²) in [6.07, 6.45) is 0.913. The Morgan fingerprint density at radius 1 is 1.28 bits per heavy atom. The minimum Gasteiger partial charge on any atom is -0.480 e. The van der Waals surface area contributed by atoms with E-state index in [9.17, 15) is 14.9 Å². The lowest BCUT2D eigenvalue weighted by Gasteiger charge is -2.18. The highest BCUT2D eigenvalue weighted by molar-refractivity contribution is 7.14. The molecule has 0 radical (unpaired) electrons. The standard InChI is InChI=1S/C20H18ClN3O4S/c1-3-14-4-7-17(8-5-14)23(13(2)25)20-22-16(12-29-20)11-28-19-9-6-15(21)10-18(19)24(26)27/h4-10,12H,3,11H2,1-2H3. The lowest BCUT2D eigenvalue weighted by molar-refractivity contribution is -0.385. The van der Waals surface area contributed by atoms with E-state index in [1.165, 1.54) is 46.9 Å². The highest BCUT2D eigenvalue weighted by atomic mass is 35.5. The van der Waals surface area contributed by atoms with Crippen molar-refractivity contribution in [1.82, 2.24) is 4.98 Å². The predicted molar refractivity (Wildman–Crippen MR) is 113 cm³/mol. The molecule has 1 aromatic heterocycles. The van der Waals surface area contributed by atoms with E-state index in [1.54, 1.807) is 5.38 Å². The van der Waals surface area contributed by atoms with Crippen molar-refractivity contribution in [3.8, 4) is 5.75 Å². The first-order valence-electron chi connectivity index (χ1n) is 8.79. The van der Waals surface area contributed by atoms with Gasteiger partial charge in [-0.15, -0.1) is 11.3 Å². The Hall–Kier alpha value is -2.97. The molecule has 0 saturated heterocycles. The maximum atomic E-state index is 12.2. The number of anilines is 2. The molecule has 7 nitrogen and oxygen atoms in total. The van der Waals surface area contributed by atoms with Gasteiger partial charge in [0, 0.05) is 23.4 Å². The van der Waals surface area contributed by atoms with E-state index in [1.807, 2.05) is 24.3 Å². The summed E-state index contributed by atoms with van der Waals surface area (Å²) in [5.74, 6) is -0.0584. The third-order valence-electron chi connectivity index (χ3n) is 4.14. The molecule has 0 unspecified atom stereocenters. The summed E-state index contributed by atoms with van der Waals surface area (Å²) in [7, 11) is 0. The van der Waals surface area contributed by atoms with E-state index in [4.69, 9.17) is 16.3 Å². The van der Waals surface area contributed by atoms with Crippen molar-refractivity contribution in [3.05, 3.63) is 74.2 Å². The molecule has 0 aliphatic carbocycles. The summed E-state index contributed by atoms with van der Waals surface area (Å²) in [6.45, 7) is 3.57. The number of rotatable bonds is 7. The van der Waals surface area contributed by atoms with Crippen LogP contribution in [0.3, 0.4) is 0 Å². The third-order valence-corrected chi connectivity index (χ3v) is 5.25. The highest BCUT2D eigenvalue weighted by Gasteiger charge is 2.19. The molecule has 3 aromatic rings. The van der Waals surface area contributed by atoms with Crippen LogP contribution in [0, 0.1) is 10.1 Å². The summed E-state index contributed by atoms with van der Waals surface area (Å²) in [5.41, 5.74) is 2.25. The van der Waals surface area contributed by atoms with Gasteiger partial charge >= 0.3 is 5.69 Å². The number of amides is 1. The fraction of sp³-hybridized carbons (Fsp3) is 0.200. The molecule has 0 fully saturated rings. The molecule has 0 N–H and O–H groups in total. The normalized spacial score (nSPS) is 10.6. The number of aryl methyl sites for hydroxylation is 1. The number of benzene rings is 2. The van der Waals surface area contributed by atoms with Gasteiger partial charge in [-0.25, -0.2) is 4.98 Å². The van der Waals surface area contributed by atoms with Gasteiger partial charge in [-0.3, -0.25) is 19.8 Å². The minimum absolute atomic E-state index is 0.0273. The maximum Gasteiger partial charge on any atom is 0.312 e. The summed E-state index contributed by atoms with van der Waals surface area (Å²) >= 11 is 7.11. The van der Waals surface area contributed by atoms with Gasteiger partial charge in [0.2, 0.25) is 5.91 Å². The molecule has 3 rings (SSSR count). The van der Waals surface area contributed by atoms with Crippen LogP contribution in [0.2, 0.25) is 5.02 Å². The molecular weight excluding hydrogens is 414 g/mol. The van der Waals surface area contributed by atoms with Gasteiger partial charge in [0.25, 0.3) is 0 Å². The largest absolute Gasteiger partial charge is 0.480 e. The van der Waals surface area contributed by atoms with Gasteiger partial charge < -0.3 is 4.74 Å². The number of carbonyl (C=O) groups excluding carboxylic acids is 1. The molecule has 0 aliphatic heterocycles. The van der Waals surface area contributed by atoms with E-state index >= 15 is 0 Å². The molecule has 0 atom stereocenters. The number of hydrogen-bond donors (Lipinski definition) is 0. The number of nitro benzene ring substituents is 1. The number of ether oxygens (including phenoxy) is 1. The minimum atomic E-state index is -0.550. The number of carbonyl (C=O) groups is 1. The second kappa shape index (κ2) is 9.02. The maximum absolute atomic E-state index is 12.2. The van der Waals surface area contributed by atoms with E-state index in [2.05, 4.69) is 11.9 Å². The van der Waals surface area contributed by atoms with Crippen LogP contribution in [0.15, 0.2) is 47.8 Å². The van der Waals surface area contributed by atoms with E-state index < -0.39 is 4.92 Å². The molecule has 9 heteroatoms. The van der Waals surface area contributed by atoms with Crippen LogP contribution in [0.5, 0.6) is 5.75 Å². The van der Waals surface area contributed by atoms with Crippen LogP contribution in [-0.2, 0) is 17.8 Å². The van der Waals surface area contributed by atoms with Crippen molar-refractivity contribution in [2.24, 2.45) is 0 Å². The van der Waals surface area contributed by atoms with Gasteiger partial charge in [0.15, 0.2) is 10.9 Å². The zero-order valence-corrected chi connectivity index (χ0v) is 17.4. The van der Waals surface area contributed by atoms with Crippen LogP contribution in [0.1, 0.15) is 25.1 Å². The van der Waals surface area contributed by atoms with Crippen LogP contribution in [0.25, 0.3) is 0 Å². The Bertz CT molecular complexity index is 1040. The number of nitrogens with zero attached hydrogens (tertiary/aromatic N) is 3. The Kier molecular flexibility index (Phi) is 6.46. The van der Waals surface area contributed by atoms with E-state index in [0.717, 1.165) is 12.1 Å². The van der Waals surface area contributed by atoms with Gasteiger partial charge in [0.1, 0.15) is 6.61 Å². The molecule has 2 aromatic carbocycles. The zero-order valence-electron chi connectivity index (χ0n) is 15.8. The number of halogens is 1. The SMILES string of the molecule is CCc1ccc(N(C(C)=O)c2nc(COc3ccc(Cl)cc3[N+](=O)[O-])cs2)cc1. The molecule has 1 amide bonds. The lowest BCUT2D eigenvalue weighted by Crippen LogP contribution is -2.22. The zero-order chi connectivity index (χ0) is 21.0. The van der Waals surface area contributed by atoms with Crippen LogP contribution >= 0.6 is 22.9 Å². The van der Waals surface area contributed by atoms with Crippen LogP contribution in [0.4, 0.5) is 16.5 Å². The number of thiazole rings is 1. The van der Waals surface area contributed by atoms with E-state index in [-0.39, 0.29) is 29.0 Å². The average molecular weight is 432 g/mol. The average Bonchev–Trinajstić information content (AvgIpc) is 3.15. The van der Waals surface area contributed by atoms with Crippen molar-refractivity contribution in [2.45, 2.75) is 26.9 Å². The molecule has 0 aliphatic rings. The first kappa shape index (κ1) is 20.8. The molecule has 29 heavy (non-hydrogen) atoms. The fourth-order valence-electron chi connectivity index (χ4n) is 2.68. The van der Waals surface area contributed by atoms with Gasteiger partial charge in [0.05, 0.1) is 16.3 Å². The Balaban J connectivity index is 1.78. The van der Waals surface area contributed by atoms with Crippen LogP contribution in [-0.4, -0.2) is 15.8 Å². The molecule has 0 saturated carbocycles. The van der Waals surface area contributed by atoms with Crippen molar-refractivity contribution in [3.63, 3.8) is 0 Å². The number of hydrogen-bond acceptors (Lipinski definition) is 6. The monoisotopic (exact) mass is 431 g/mol. The summed E-state index contributed by atoms with van der Waals surface area (Å²) < 4.78 is 5.57. The van der Waals surface area contributed by atoms with Crippen molar-refractivity contribution in [1.29, 1.82) is 0 Å². The van der Waals surface area contributed by atoms with Crippen LogP contribution < -0.4 is 9.64 Å². The van der Waals surface area contributed by atoms with Crippen molar-refractivity contribution >= 4 is 45.4 Å². The van der Waals surface area contributed by atoms with Gasteiger partial charge in [-0.1, -0.05) is 30.7 Å². The third kappa shape index (κ3) is 4.90. The topological polar surface area (TPSA) is 85.6 Å². The molecule has 0 bridgehead atoms. The fourth-order valence-corrected chi connectivity index (χ4v) is 3.72. The molecule has 150 valence electrons. The van der Waals surface area contributed by atoms with Gasteiger partial charge in [-0.05, 0) is 36.2 Å². The Morgan fingerprint density at radius 3 is 2.62 bits per heavy atom. The highest BCUT2D eigenvalue weighted by Crippen LogP contribution is 2.32. The van der Waals surface area contributed by atoms with E-state index in [0.29, 0.717) is 10.8 Å². The lowest BCUT2D eigenvalue weighted by atomic mass is 10.1. The smallest absolute Gasteiger partial charge is 0.312 e. The summed E-state index contributed by atoms with van der Waals surface area (Å²) in [5, 5.41) is 13.7. The first-order chi connectivity index (χ1) is 13.9. The number of nitro groups is 1. The summed E-state index contributed by atoms with van der Waals surface area (Å²) in [4.78, 5) is 28.8. The summed E-state index contributed by atoms with van der Waals surface area (Å²) in [6, 6.07) is 11.9. The molecular formula is C20H18ClN3O4S. The van der Waals surface area contributed by atoms with Gasteiger partial charge in [-0.2, -0.15) is 0 Å². The van der Waals surface area contributed by atoms with Crippen molar-refractivity contribution in [2.75, 3.05) is 4.90 Å².